The molecule has 0 atom stereocenters. The van der Waals surface area contributed by atoms with Crippen molar-refractivity contribution in [2.24, 2.45) is 5.92 Å². The molecule has 5 rings (SSSR count). The van der Waals surface area contributed by atoms with Gasteiger partial charge in [0.25, 0.3) is 0 Å². The number of rotatable bonds is 7. The lowest BCUT2D eigenvalue weighted by molar-refractivity contribution is 0.0515. The summed E-state index contributed by atoms with van der Waals surface area (Å²) in [4.78, 5) is 35.0. The first-order valence-electron chi connectivity index (χ1n) is 14.4. The third-order valence-corrected chi connectivity index (χ3v) is 8.16. The molecule has 224 valence electrons. The number of alkyl carbamates (subject to hydrolysis) is 1. The Balaban J connectivity index is 1.40. The number of fused-ring (bicyclic) bond motifs is 3. The maximum Gasteiger partial charge on any atom is 0.407 e. The Morgan fingerprint density at radius 1 is 1.07 bits per heavy atom. The fourth-order valence-electron chi connectivity index (χ4n) is 5.91. The van der Waals surface area contributed by atoms with Gasteiger partial charge in [-0.3, -0.25) is 9.88 Å². The second kappa shape index (κ2) is 12.3. The zero-order valence-electron chi connectivity index (χ0n) is 24.9. The Bertz CT molecular complexity index is 1470. The number of aromatic nitrogens is 1. The highest BCUT2D eigenvalue weighted by atomic mass is 35.5. The van der Waals surface area contributed by atoms with Crippen LogP contribution in [0.15, 0.2) is 42.6 Å². The van der Waals surface area contributed by atoms with Crippen molar-refractivity contribution in [2.75, 3.05) is 25.7 Å². The molecule has 2 heterocycles. The van der Waals surface area contributed by atoms with Crippen molar-refractivity contribution in [2.45, 2.75) is 71.2 Å². The molecule has 1 saturated carbocycles. The normalized spacial score (nSPS) is 19.0. The minimum atomic E-state index is -0.536. The molecule has 1 fully saturated rings. The minimum Gasteiger partial charge on any atom is -0.497 e. The molecule has 3 amide bonds. The molecule has 10 heteroatoms. The Morgan fingerprint density at radius 3 is 2.52 bits per heavy atom. The lowest BCUT2D eigenvalue weighted by Crippen LogP contribution is -2.52. The van der Waals surface area contributed by atoms with Crippen molar-refractivity contribution in [3.05, 3.63) is 58.7 Å². The van der Waals surface area contributed by atoms with Crippen LogP contribution < -0.4 is 19.7 Å². The van der Waals surface area contributed by atoms with Gasteiger partial charge in [0.15, 0.2) is 0 Å². The first kappa shape index (κ1) is 29.8. The van der Waals surface area contributed by atoms with Crippen LogP contribution in [0.4, 0.5) is 15.3 Å². The maximum absolute atomic E-state index is 14.3. The van der Waals surface area contributed by atoms with Crippen molar-refractivity contribution in [3.8, 4) is 11.5 Å². The summed E-state index contributed by atoms with van der Waals surface area (Å²) in [7, 11) is 3.23. The summed E-state index contributed by atoms with van der Waals surface area (Å²) in [5, 5.41) is 4.40. The van der Waals surface area contributed by atoms with Crippen molar-refractivity contribution in [1.29, 1.82) is 0 Å². The van der Waals surface area contributed by atoms with Crippen LogP contribution in [0.5, 0.6) is 11.5 Å². The van der Waals surface area contributed by atoms with Crippen LogP contribution in [0.1, 0.15) is 57.6 Å². The first-order chi connectivity index (χ1) is 20.1. The summed E-state index contributed by atoms with van der Waals surface area (Å²) < 4.78 is 16.4. The van der Waals surface area contributed by atoms with Crippen LogP contribution in [0, 0.1) is 5.92 Å². The summed E-state index contributed by atoms with van der Waals surface area (Å²) in [6.07, 6.45) is 4.88. The van der Waals surface area contributed by atoms with Gasteiger partial charge in [-0.2, -0.15) is 0 Å². The van der Waals surface area contributed by atoms with Gasteiger partial charge in [-0.25, -0.2) is 9.59 Å². The molecule has 0 spiro atoms. The molecule has 0 saturated heterocycles. The number of urea groups is 1. The van der Waals surface area contributed by atoms with Crippen molar-refractivity contribution in [1.82, 2.24) is 15.2 Å². The summed E-state index contributed by atoms with van der Waals surface area (Å²) >= 11 is 6.43. The highest BCUT2D eigenvalue weighted by Crippen LogP contribution is 2.41. The molecule has 0 bridgehead atoms. The number of methoxy groups -OCH3 is 2. The SMILES string of the molecule is COc1ccc(CN2Cc3cnc4ccc(Cl)cc4c3N(C3CCC(CNC(=O)OC(C)(C)C)CC3)C2=O)c(OC)c1. The largest absolute Gasteiger partial charge is 0.497 e. The number of amides is 3. The van der Waals surface area contributed by atoms with Gasteiger partial charge in [0.05, 0.1) is 38.5 Å². The molecule has 1 aliphatic carbocycles. The summed E-state index contributed by atoms with van der Waals surface area (Å²) in [6.45, 7) is 6.91. The van der Waals surface area contributed by atoms with E-state index in [-0.39, 0.29) is 12.1 Å². The quantitative estimate of drug-likeness (QED) is 0.319. The third-order valence-electron chi connectivity index (χ3n) is 7.93. The van der Waals surface area contributed by atoms with Gasteiger partial charge in [-0.1, -0.05) is 11.6 Å². The van der Waals surface area contributed by atoms with E-state index in [1.807, 2.05) is 73.2 Å². The molecule has 1 N–H and O–H groups in total. The summed E-state index contributed by atoms with van der Waals surface area (Å²) in [5.74, 6) is 1.68. The minimum absolute atomic E-state index is 0.000767. The standard InChI is InChI=1S/C32H39ClN4O5/c1-32(2,3)42-30(38)35-16-20-6-10-24(11-7-20)37-29-22(17-34-27-13-9-23(33)14-26(27)29)19-36(31(37)39)18-21-8-12-25(40-4)15-28(21)41-5/h8-9,12-15,17,20,24H,6-7,10-11,16,18-19H2,1-5H3,(H,35,38). The number of anilines is 1. The van der Waals surface area contributed by atoms with Gasteiger partial charge in [0.1, 0.15) is 17.1 Å². The van der Waals surface area contributed by atoms with E-state index in [4.69, 9.17) is 30.8 Å². The molecular formula is C32H39ClN4O5. The number of nitrogens with one attached hydrogen (secondary N) is 1. The summed E-state index contributed by atoms with van der Waals surface area (Å²) in [5.41, 5.74) is 3.03. The lowest BCUT2D eigenvalue weighted by Gasteiger charge is -2.44. The summed E-state index contributed by atoms with van der Waals surface area (Å²) in [6, 6.07) is 11.2. The molecule has 0 radical (unpaired) electrons. The first-order valence-corrected chi connectivity index (χ1v) is 14.8. The monoisotopic (exact) mass is 594 g/mol. The Labute approximate surface area is 252 Å². The zero-order chi connectivity index (χ0) is 30.0. The number of ether oxygens (including phenoxy) is 3. The molecule has 1 aliphatic heterocycles. The average Bonchev–Trinajstić information content (AvgIpc) is 2.96. The predicted octanol–water partition coefficient (Wildman–Crippen LogP) is 6.93. The molecule has 42 heavy (non-hydrogen) atoms. The van der Waals surface area contributed by atoms with Crippen LogP contribution in [-0.2, 0) is 17.8 Å². The number of carbonyl (C=O) groups excluding carboxylic acids is 2. The third kappa shape index (κ3) is 6.51. The van der Waals surface area contributed by atoms with E-state index in [9.17, 15) is 9.59 Å². The number of pyridine rings is 1. The number of hydrogen-bond donors (Lipinski definition) is 1. The zero-order valence-corrected chi connectivity index (χ0v) is 25.7. The maximum atomic E-state index is 14.3. The van der Waals surface area contributed by atoms with E-state index in [2.05, 4.69) is 5.32 Å². The molecule has 2 aliphatic rings. The van der Waals surface area contributed by atoms with Gasteiger partial charge in [-0.05, 0) is 82.7 Å². The average molecular weight is 595 g/mol. The van der Waals surface area contributed by atoms with Crippen molar-refractivity contribution in [3.63, 3.8) is 0 Å². The van der Waals surface area contributed by atoms with E-state index in [1.54, 1.807) is 14.2 Å². The molecule has 0 unspecified atom stereocenters. The van der Waals surface area contributed by atoms with E-state index >= 15 is 0 Å². The van der Waals surface area contributed by atoms with Crippen LogP contribution in [-0.4, -0.2) is 54.4 Å². The molecule has 2 aromatic carbocycles. The number of halogens is 1. The molecule has 3 aromatic rings. The Morgan fingerprint density at radius 2 is 1.83 bits per heavy atom. The smallest absolute Gasteiger partial charge is 0.407 e. The fourth-order valence-corrected chi connectivity index (χ4v) is 6.09. The van der Waals surface area contributed by atoms with Crippen molar-refractivity contribution >= 4 is 40.3 Å². The van der Waals surface area contributed by atoms with Gasteiger partial charge in [0.2, 0.25) is 0 Å². The number of benzene rings is 2. The van der Waals surface area contributed by atoms with Gasteiger partial charge < -0.3 is 24.4 Å². The predicted molar refractivity (Wildman–Crippen MR) is 163 cm³/mol. The van der Waals surface area contributed by atoms with Crippen molar-refractivity contribution < 1.29 is 23.8 Å². The highest BCUT2D eigenvalue weighted by molar-refractivity contribution is 6.31. The molecule has 9 nitrogen and oxygen atoms in total. The van der Waals surface area contributed by atoms with Gasteiger partial charge in [0, 0.05) is 46.4 Å². The second-order valence-corrected chi connectivity index (χ2v) is 12.5. The van der Waals surface area contributed by atoms with Crippen LogP contribution >= 0.6 is 11.6 Å². The van der Waals surface area contributed by atoms with E-state index in [0.29, 0.717) is 42.1 Å². The van der Waals surface area contributed by atoms with E-state index in [1.165, 1.54) is 0 Å². The number of hydrogen-bond acceptors (Lipinski definition) is 6. The van der Waals surface area contributed by atoms with E-state index < -0.39 is 11.7 Å². The topological polar surface area (TPSA) is 93.2 Å². The Kier molecular flexibility index (Phi) is 8.68. The van der Waals surface area contributed by atoms with Crippen LogP contribution in [0.2, 0.25) is 5.02 Å². The lowest BCUT2D eigenvalue weighted by atomic mass is 9.84. The van der Waals surface area contributed by atoms with E-state index in [0.717, 1.165) is 53.4 Å². The highest BCUT2D eigenvalue weighted by Gasteiger charge is 2.38. The number of nitrogens with zero attached hydrogens (tertiary/aromatic N) is 3. The molecule has 1 aromatic heterocycles. The Hall–Kier alpha value is -3.72. The fraction of sp³-hybridized carbons (Fsp3) is 0.469. The number of carbonyl (C=O) groups is 2. The van der Waals surface area contributed by atoms with Gasteiger partial charge >= 0.3 is 12.1 Å². The van der Waals surface area contributed by atoms with Gasteiger partial charge in [-0.15, -0.1) is 0 Å². The second-order valence-electron chi connectivity index (χ2n) is 12.0. The molecular weight excluding hydrogens is 556 g/mol. The van der Waals surface area contributed by atoms with Crippen LogP contribution in [0.25, 0.3) is 10.9 Å². The van der Waals surface area contributed by atoms with Crippen LogP contribution in [0.3, 0.4) is 0 Å².